The van der Waals surface area contributed by atoms with Crippen molar-refractivity contribution in [3.05, 3.63) is 50.7 Å². The minimum Gasteiger partial charge on any atom is -0.496 e. The van der Waals surface area contributed by atoms with E-state index in [1.165, 1.54) is 16.5 Å². The molecule has 4 rings (SSSR count). The van der Waals surface area contributed by atoms with Crippen molar-refractivity contribution in [3.8, 4) is 5.75 Å². The molecule has 1 aliphatic rings. The van der Waals surface area contributed by atoms with Crippen molar-refractivity contribution in [2.75, 3.05) is 13.7 Å². The highest BCUT2D eigenvalue weighted by molar-refractivity contribution is 7.26. The van der Waals surface area contributed by atoms with Crippen LogP contribution in [0.25, 0.3) is 9.40 Å². The maximum Gasteiger partial charge on any atom is 0.126 e. The van der Waals surface area contributed by atoms with E-state index < -0.39 is 37.1 Å². The number of aliphatic hydroxyl groups is 4. The lowest BCUT2D eigenvalue weighted by atomic mass is 9.90. The van der Waals surface area contributed by atoms with Crippen LogP contribution in [0.2, 0.25) is 5.02 Å². The number of ether oxygens (including phenoxy) is 2. The van der Waals surface area contributed by atoms with Crippen LogP contribution < -0.4 is 4.74 Å². The number of hydrogen-bond acceptors (Lipinski definition) is 8. The summed E-state index contributed by atoms with van der Waals surface area (Å²) < 4.78 is 13.6. The van der Waals surface area contributed by atoms with E-state index in [0.717, 1.165) is 10.4 Å². The molecule has 1 aliphatic heterocycles. The van der Waals surface area contributed by atoms with Crippen LogP contribution in [0.3, 0.4) is 0 Å². The molecule has 0 radical (unpaired) electrons. The molecule has 3 heterocycles. The number of fused-ring (bicyclic) bond motifs is 1. The molecular weight excluding hydrogens is 436 g/mol. The Kier molecular flexibility index (Phi) is 6.15. The Hall–Kier alpha value is -1.23. The van der Waals surface area contributed by atoms with E-state index >= 15 is 0 Å². The van der Waals surface area contributed by atoms with Crippen molar-refractivity contribution in [1.82, 2.24) is 0 Å². The number of thiophene rings is 2. The normalized spacial score (nSPS) is 27.4. The predicted molar refractivity (Wildman–Crippen MR) is 113 cm³/mol. The number of benzene rings is 1. The third-order valence-corrected chi connectivity index (χ3v) is 7.60. The summed E-state index contributed by atoms with van der Waals surface area (Å²) in [7, 11) is 1.48. The minimum atomic E-state index is -1.46. The van der Waals surface area contributed by atoms with Crippen LogP contribution in [0, 0.1) is 0 Å². The molecule has 9 heteroatoms. The topological polar surface area (TPSA) is 99.4 Å². The summed E-state index contributed by atoms with van der Waals surface area (Å²) in [6.07, 6.45) is -5.64. The zero-order valence-corrected chi connectivity index (χ0v) is 17.9. The van der Waals surface area contributed by atoms with Crippen LogP contribution in [-0.2, 0) is 11.2 Å². The van der Waals surface area contributed by atoms with Crippen LogP contribution in [0.4, 0.5) is 0 Å². The standard InChI is InChI=1S/C20H21ClO6S2/c1-26-13-7-12(21)9(4-10-6-16-15(29-10)2-3-28-16)5-11(13)20-19(25)18(24)17(23)14(8-22)27-20/h2-3,5-7,14,17-20,22-25H,4,8H2,1H3/t14?,17-,18?,19-,20?/m1/s1. The van der Waals surface area contributed by atoms with Gasteiger partial charge in [-0.3, -0.25) is 0 Å². The van der Waals surface area contributed by atoms with Gasteiger partial charge in [-0.2, -0.15) is 0 Å². The Labute approximate surface area is 180 Å². The lowest BCUT2D eigenvalue weighted by Crippen LogP contribution is -2.55. The number of hydrogen-bond donors (Lipinski definition) is 4. The average molecular weight is 457 g/mol. The molecule has 0 aliphatic carbocycles. The molecule has 4 N–H and O–H groups in total. The van der Waals surface area contributed by atoms with Gasteiger partial charge in [0.15, 0.2) is 0 Å². The minimum absolute atomic E-state index is 0.398. The first kappa shape index (κ1) is 21.0. The zero-order valence-electron chi connectivity index (χ0n) is 15.5. The van der Waals surface area contributed by atoms with Crippen LogP contribution in [0.5, 0.6) is 5.75 Å². The molecule has 3 unspecified atom stereocenters. The van der Waals surface area contributed by atoms with Gasteiger partial charge in [0, 0.05) is 31.3 Å². The fourth-order valence-electron chi connectivity index (χ4n) is 3.60. The molecule has 0 spiro atoms. The number of halogens is 1. The summed E-state index contributed by atoms with van der Waals surface area (Å²) in [4.78, 5) is 1.15. The SMILES string of the molecule is COc1cc(Cl)c(Cc2cc3sccc3s2)cc1C1OC(CO)[C@@H](O)C(O)[C@H]1O. The van der Waals surface area contributed by atoms with Gasteiger partial charge in [0.1, 0.15) is 36.3 Å². The Bertz CT molecular complexity index is 972. The molecule has 1 saturated heterocycles. The molecule has 5 atom stereocenters. The van der Waals surface area contributed by atoms with Gasteiger partial charge in [0.2, 0.25) is 0 Å². The first-order valence-corrected chi connectivity index (χ1v) is 11.1. The van der Waals surface area contributed by atoms with Crippen molar-refractivity contribution in [1.29, 1.82) is 0 Å². The van der Waals surface area contributed by atoms with Crippen molar-refractivity contribution in [3.63, 3.8) is 0 Å². The van der Waals surface area contributed by atoms with Crippen LogP contribution in [-0.4, -0.2) is 58.6 Å². The summed E-state index contributed by atoms with van der Waals surface area (Å²) in [6, 6.07) is 7.67. The second-order valence-electron chi connectivity index (χ2n) is 6.97. The van der Waals surface area contributed by atoms with Gasteiger partial charge in [-0.15, -0.1) is 22.7 Å². The van der Waals surface area contributed by atoms with Crippen LogP contribution >= 0.6 is 34.3 Å². The third-order valence-electron chi connectivity index (χ3n) is 5.15. The van der Waals surface area contributed by atoms with Gasteiger partial charge in [0.05, 0.1) is 13.7 Å². The third kappa shape index (κ3) is 3.92. The molecule has 0 amide bonds. The Morgan fingerprint density at radius 2 is 1.90 bits per heavy atom. The van der Waals surface area contributed by atoms with E-state index in [0.29, 0.717) is 22.8 Å². The van der Waals surface area contributed by atoms with Gasteiger partial charge < -0.3 is 29.9 Å². The summed E-state index contributed by atoms with van der Waals surface area (Å²) in [5.41, 5.74) is 1.33. The molecule has 0 bridgehead atoms. The molecule has 1 fully saturated rings. The second kappa shape index (κ2) is 8.49. The van der Waals surface area contributed by atoms with Gasteiger partial charge >= 0.3 is 0 Å². The second-order valence-corrected chi connectivity index (χ2v) is 9.50. The van der Waals surface area contributed by atoms with E-state index in [9.17, 15) is 20.4 Å². The van der Waals surface area contributed by atoms with E-state index in [4.69, 9.17) is 21.1 Å². The van der Waals surface area contributed by atoms with E-state index in [2.05, 4.69) is 17.5 Å². The lowest BCUT2D eigenvalue weighted by molar-refractivity contribution is -0.232. The van der Waals surface area contributed by atoms with Crippen molar-refractivity contribution in [2.45, 2.75) is 36.9 Å². The van der Waals surface area contributed by atoms with E-state index in [-0.39, 0.29) is 0 Å². The van der Waals surface area contributed by atoms with Crippen molar-refractivity contribution >= 4 is 43.7 Å². The molecule has 2 aromatic heterocycles. The largest absolute Gasteiger partial charge is 0.496 e. The highest BCUT2D eigenvalue weighted by Gasteiger charge is 2.45. The van der Waals surface area contributed by atoms with E-state index in [1.807, 2.05) is 0 Å². The van der Waals surface area contributed by atoms with Crippen LogP contribution in [0.15, 0.2) is 29.6 Å². The Balaban J connectivity index is 1.70. The molecule has 29 heavy (non-hydrogen) atoms. The molecule has 0 saturated carbocycles. The quantitative estimate of drug-likeness (QED) is 0.471. The molecule has 3 aromatic rings. The Morgan fingerprint density at radius 3 is 2.59 bits per heavy atom. The number of aliphatic hydroxyl groups excluding tert-OH is 4. The summed E-state index contributed by atoms with van der Waals surface area (Å²) in [5.74, 6) is 0.398. The molecule has 156 valence electrons. The van der Waals surface area contributed by atoms with Gasteiger partial charge in [0.25, 0.3) is 0 Å². The van der Waals surface area contributed by atoms with E-state index in [1.54, 1.807) is 34.8 Å². The average Bonchev–Trinajstić information content (AvgIpc) is 3.29. The molecule has 1 aromatic carbocycles. The number of rotatable bonds is 5. The molecular formula is C20H21ClO6S2. The zero-order chi connectivity index (χ0) is 20.7. The fraction of sp³-hybridized carbons (Fsp3) is 0.400. The summed E-state index contributed by atoms with van der Waals surface area (Å²) in [6.45, 7) is -0.490. The summed E-state index contributed by atoms with van der Waals surface area (Å²) in [5, 5.41) is 42.8. The Morgan fingerprint density at radius 1 is 1.10 bits per heavy atom. The number of methoxy groups -OCH3 is 1. The molecule has 6 nitrogen and oxygen atoms in total. The first-order chi connectivity index (χ1) is 13.9. The van der Waals surface area contributed by atoms with Crippen LogP contribution in [0.1, 0.15) is 22.1 Å². The van der Waals surface area contributed by atoms with Crippen molar-refractivity contribution in [2.24, 2.45) is 0 Å². The lowest BCUT2D eigenvalue weighted by Gasteiger charge is -2.40. The fourth-order valence-corrected chi connectivity index (χ4v) is 5.98. The predicted octanol–water partition coefficient (Wildman–Crippen LogP) is 2.73. The smallest absolute Gasteiger partial charge is 0.126 e. The van der Waals surface area contributed by atoms with Gasteiger partial charge in [-0.05, 0) is 35.2 Å². The van der Waals surface area contributed by atoms with Crippen molar-refractivity contribution < 1.29 is 29.9 Å². The maximum atomic E-state index is 10.5. The highest BCUT2D eigenvalue weighted by atomic mass is 35.5. The monoisotopic (exact) mass is 456 g/mol. The maximum absolute atomic E-state index is 10.5. The first-order valence-electron chi connectivity index (χ1n) is 9.05. The van der Waals surface area contributed by atoms with Gasteiger partial charge in [-0.1, -0.05) is 11.6 Å². The summed E-state index contributed by atoms with van der Waals surface area (Å²) >= 11 is 9.87. The van der Waals surface area contributed by atoms with Gasteiger partial charge in [-0.25, -0.2) is 0 Å². The highest BCUT2D eigenvalue weighted by Crippen LogP contribution is 2.40.